The van der Waals surface area contributed by atoms with Gasteiger partial charge >= 0.3 is 0 Å². The Morgan fingerprint density at radius 2 is 1.95 bits per heavy atom. The molecule has 0 radical (unpaired) electrons. The van der Waals surface area contributed by atoms with Crippen molar-refractivity contribution in [1.29, 1.82) is 0 Å². The zero-order chi connectivity index (χ0) is 14.7. The van der Waals surface area contributed by atoms with Crippen LogP contribution in [-0.4, -0.2) is 4.92 Å². The summed E-state index contributed by atoms with van der Waals surface area (Å²) >= 11 is 6.41. The van der Waals surface area contributed by atoms with E-state index in [0.717, 1.165) is 0 Å². The molecule has 20 heavy (non-hydrogen) atoms. The van der Waals surface area contributed by atoms with Crippen LogP contribution in [0.5, 0.6) is 5.75 Å². The molecule has 104 valence electrons. The van der Waals surface area contributed by atoms with Crippen molar-refractivity contribution in [2.75, 3.05) is 0 Å². The van der Waals surface area contributed by atoms with Crippen LogP contribution < -0.4 is 4.74 Å². The van der Waals surface area contributed by atoms with Crippen LogP contribution >= 0.6 is 31.9 Å². The number of hydrogen-bond donors (Lipinski definition) is 0. The quantitative estimate of drug-likeness (QED) is 0.541. The molecule has 0 spiro atoms. The third-order valence-corrected chi connectivity index (χ3v) is 3.67. The Kier molecular flexibility index (Phi) is 4.72. The van der Waals surface area contributed by atoms with Crippen LogP contribution in [0.2, 0.25) is 0 Å². The van der Waals surface area contributed by atoms with Crippen LogP contribution in [0.25, 0.3) is 0 Å². The predicted molar refractivity (Wildman–Crippen MR) is 79.2 cm³/mol. The highest BCUT2D eigenvalue weighted by molar-refractivity contribution is 9.10. The molecule has 2 aromatic rings. The second-order valence-corrected chi connectivity index (χ2v) is 5.66. The van der Waals surface area contributed by atoms with Gasteiger partial charge in [0, 0.05) is 16.6 Å². The molecule has 4 nitrogen and oxygen atoms in total. The molecule has 0 fully saturated rings. The van der Waals surface area contributed by atoms with Crippen LogP contribution in [0, 0.1) is 15.9 Å². The average Bonchev–Trinajstić information content (AvgIpc) is 2.40. The highest BCUT2D eigenvalue weighted by atomic mass is 79.9. The van der Waals surface area contributed by atoms with Gasteiger partial charge in [0.1, 0.15) is 18.2 Å². The first-order valence-corrected chi connectivity index (χ1v) is 7.06. The van der Waals surface area contributed by atoms with Crippen molar-refractivity contribution >= 4 is 37.5 Å². The first-order chi connectivity index (χ1) is 9.47. The number of benzene rings is 2. The molecule has 0 aliphatic carbocycles. The van der Waals surface area contributed by atoms with Crippen molar-refractivity contribution in [1.82, 2.24) is 0 Å². The van der Waals surface area contributed by atoms with Crippen LogP contribution in [0.15, 0.2) is 45.3 Å². The minimum Gasteiger partial charge on any atom is -0.487 e. The third kappa shape index (κ3) is 3.55. The van der Waals surface area contributed by atoms with Crippen molar-refractivity contribution in [3.8, 4) is 5.75 Å². The first-order valence-electron chi connectivity index (χ1n) is 5.48. The van der Waals surface area contributed by atoms with Gasteiger partial charge in [-0.3, -0.25) is 10.1 Å². The largest absolute Gasteiger partial charge is 0.487 e. The smallest absolute Gasteiger partial charge is 0.277 e. The minimum atomic E-state index is -0.482. The van der Waals surface area contributed by atoms with E-state index in [2.05, 4.69) is 31.9 Å². The van der Waals surface area contributed by atoms with E-state index in [4.69, 9.17) is 4.74 Å². The molecule has 0 amide bonds. The number of rotatable bonds is 4. The number of hydrogen-bond acceptors (Lipinski definition) is 3. The Morgan fingerprint density at radius 1 is 1.20 bits per heavy atom. The van der Waals surface area contributed by atoms with E-state index in [1.807, 2.05) is 0 Å². The molecular formula is C13H8Br2FNO3. The van der Waals surface area contributed by atoms with Crippen molar-refractivity contribution in [2.45, 2.75) is 6.61 Å². The van der Waals surface area contributed by atoms with Gasteiger partial charge in [-0.15, -0.1) is 0 Å². The summed E-state index contributed by atoms with van der Waals surface area (Å²) in [6.07, 6.45) is 0. The summed E-state index contributed by atoms with van der Waals surface area (Å²) in [5.41, 5.74) is 0.362. The summed E-state index contributed by atoms with van der Waals surface area (Å²) < 4.78 is 19.7. The molecule has 0 N–H and O–H groups in total. The lowest BCUT2D eigenvalue weighted by atomic mass is 10.2. The highest BCUT2D eigenvalue weighted by Gasteiger charge is 2.15. The fourth-order valence-corrected chi connectivity index (χ4v) is 2.28. The number of nitro benzene ring substituents is 1. The van der Waals surface area contributed by atoms with Crippen LogP contribution in [0.4, 0.5) is 10.1 Å². The third-order valence-electron chi connectivity index (χ3n) is 2.52. The number of nitro groups is 1. The Balaban J connectivity index is 2.23. The van der Waals surface area contributed by atoms with Crippen molar-refractivity contribution in [3.63, 3.8) is 0 Å². The van der Waals surface area contributed by atoms with Crippen LogP contribution in [0.1, 0.15) is 5.56 Å². The summed E-state index contributed by atoms with van der Waals surface area (Å²) in [5, 5.41) is 11.0. The fourth-order valence-electron chi connectivity index (χ4n) is 1.57. The normalized spacial score (nSPS) is 10.3. The van der Waals surface area contributed by atoms with Gasteiger partial charge in [0.05, 0.1) is 15.0 Å². The summed E-state index contributed by atoms with van der Waals surface area (Å²) in [4.78, 5) is 10.5. The molecular weight excluding hydrogens is 397 g/mol. The summed E-state index contributed by atoms with van der Waals surface area (Å²) in [5.74, 6) is -0.143. The first kappa shape index (κ1) is 14.9. The maximum absolute atomic E-state index is 13.1. The lowest BCUT2D eigenvalue weighted by Crippen LogP contribution is -2.01. The lowest BCUT2D eigenvalue weighted by Gasteiger charge is -2.09. The Morgan fingerprint density at radius 3 is 2.65 bits per heavy atom. The van der Waals surface area contributed by atoms with Gasteiger partial charge in [0.2, 0.25) is 0 Å². The standard InChI is InChI=1S/C13H8Br2FNO3/c14-9-2-1-8(12(5-9)17(18)19)7-20-13-6-10(16)3-4-11(13)15/h1-6H,7H2. The molecule has 0 aromatic heterocycles. The molecule has 0 aliphatic rings. The van der Waals surface area contributed by atoms with E-state index in [0.29, 0.717) is 20.3 Å². The minimum absolute atomic E-state index is 0.0222. The Hall–Kier alpha value is -1.47. The van der Waals surface area contributed by atoms with Gasteiger partial charge in [-0.2, -0.15) is 0 Å². The molecule has 0 saturated heterocycles. The van der Waals surface area contributed by atoms with Gasteiger partial charge in [0.15, 0.2) is 0 Å². The van der Waals surface area contributed by atoms with Crippen molar-refractivity contribution in [2.24, 2.45) is 0 Å². The molecule has 2 rings (SSSR count). The second-order valence-electron chi connectivity index (χ2n) is 3.89. The van der Waals surface area contributed by atoms with E-state index in [1.165, 1.54) is 24.3 Å². The molecule has 0 heterocycles. The van der Waals surface area contributed by atoms with Gasteiger partial charge in [-0.05, 0) is 40.2 Å². The van der Waals surface area contributed by atoms with Crippen LogP contribution in [0.3, 0.4) is 0 Å². The summed E-state index contributed by atoms with van der Waals surface area (Å²) in [6, 6.07) is 8.70. The molecule has 0 aliphatic heterocycles. The van der Waals surface area contributed by atoms with Gasteiger partial charge in [-0.25, -0.2) is 4.39 Å². The predicted octanol–water partition coefficient (Wildman–Crippen LogP) is 4.84. The number of nitrogens with zero attached hydrogens (tertiary/aromatic N) is 1. The van der Waals surface area contributed by atoms with Crippen molar-refractivity contribution < 1.29 is 14.1 Å². The average molecular weight is 405 g/mol. The van der Waals surface area contributed by atoms with E-state index in [9.17, 15) is 14.5 Å². The Labute approximate surface area is 131 Å². The molecule has 0 atom stereocenters. The zero-order valence-corrected chi connectivity index (χ0v) is 13.1. The molecule has 2 aromatic carbocycles. The summed E-state index contributed by atoms with van der Waals surface area (Å²) in [6.45, 7) is -0.0222. The maximum Gasteiger partial charge on any atom is 0.277 e. The lowest BCUT2D eigenvalue weighted by molar-refractivity contribution is -0.385. The van der Waals surface area contributed by atoms with E-state index in [-0.39, 0.29) is 12.3 Å². The van der Waals surface area contributed by atoms with Gasteiger partial charge in [0.25, 0.3) is 5.69 Å². The highest BCUT2D eigenvalue weighted by Crippen LogP contribution is 2.29. The number of ether oxygens (including phenoxy) is 1. The maximum atomic E-state index is 13.1. The molecule has 0 bridgehead atoms. The summed E-state index contributed by atoms with van der Waals surface area (Å²) in [7, 11) is 0. The van der Waals surface area contributed by atoms with Gasteiger partial charge < -0.3 is 4.74 Å². The number of halogens is 3. The SMILES string of the molecule is O=[N+]([O-])c1cc(Br)ccc1COc1cc(F)ccc1Br. The molecule has 7 heteroatoms. The monoisotopic (exact) mass is 403 g/mol. The topological polar surface area (TPSA) is 52.4 Å². The van der Waals surface area contributed by atoms with Crippen LogP contribution in [-0.2, 0) is 6.61 Å². The Bertz CT molecular complexity index is 664. The fraction of sp³-hybridized carbons (Fsp3) is 0.0769. The van der Waals surface area contributed by atoms with Crippen molar-refractivity contribution in [3.05, 3.63) is 66.8 Å². The van der Waals surface area contributed by atoms with E-state index >= 15 is 0 Å². The molecule has 0 unspecified atom stereocenters. The van der Waals surface area contributed by atoms with E-state index < -0.39 is 10.7 Å². The van der Waals surface area contributed by atoms with Gasteiger partial charge in [-0.1, -0.05) is 15.9 Å². The second kappa shape index (κ2) is 6.32. The van der Waals surface area contributed by atoms with E-state index in [1.54, 1.807) is 12.1 Å². The zero-order valence-electron chi connectivity index (χ0n) is 9.98. The molecule has 0 saturated carbocycles.